The average molecular weight is 380 g/mol. The maximum absolute atomic E-state index is 10.9. The Morgan fingerprint density at radius 2 is 1.88 bits per heavy atom. The molecule has 0 spiro atoms. The predicted octanol–water partition coefficient (Wildman–Crippen LogP) is 2.50. The summed E-state index contributed by atoms with van der Waals surface area (Å²) in [7, 11) is -1.49. The van der Waals surface area contributed by atoms with Gasteiger partial charge in [0, 0.05) is 17.2 Å². The summed E-state index contributed by atoms with van der Waals surface area (Å²) in [5.74, 6) is 2.06. The van der Waals surface area contributed by atoms with Crippen molar-refractivity contribution in [3.05, 3.63) is 41.5 Å². The van der Waals surface area contributed by atoms with E-state index < -0.39 is 10.4 Å². The van der Waals surface area contributed by atoms with Crippen molar-refractivity contribution in [3.63, 3.8) is 0 Å². The lowest BCUT2D eigenvalue weighted by molar-refractivity contribution is 0.136. The molecule has 2 unspecified atom stereocenters. The van der Waals surface area contributed by atoms with E-state index in [1.807, 2.05) is 12.1 Å². The summed E-state index contributed by atoms with van der Waals surface area (Å²) in [6.45, 7) is 0.343. The molecule has 4 rings (SSSR count). The minimum absolute atomic E-state index is 0.0364. The molecule has 2 heterocycles. The Kier molecular flexibility index (Phi) is 3.85. The second-order valence-corrected chi connectivity index (χ2v) is 6.91. The van der Waals surface area contributed by atoms with Crippen molar-refractivity contribution in [2.75, 3.05) is 20.8 Å². The van der Waals surface area contributed by atoms with Gasteiger partial charge in [-0.15, -0.1) is 0 Å². The van der Waals surface area contributed by atoms with Crippen LogP contribution in [0.3, 0.4) is 0 Å². The molecule has 0 aromatic heterocycles. The van der Waals surface area contributed by atoms with Crippen molar-refractivity contribution in [2.45, 2.75) is 12.0 Å². The Labute approximate surface area is 150 Å². The molecule has 0 amide bonds. The highest BCUT2D eigenvalue weighted by Crippen LogP contribution is 2.56. The van der Waals surface area contributed by atoms with Crippen LogP contribution in [0.4, 0.5) is 0 Å². The molecular formula is C17H16O8S. The molecule has 0 radical (unpaired) electrons. The molecule has 8 nitrogen and oxygen atoms in total. The highest BCUT2D eigenvalue weighted by molar-refractivity contribution is 7.81. The van der Waals surface area contributed by atoms with E-state index in [9.17, 15) is 8.42 Å². The summed E-state index contributed by atoms with van der Waals surface area (Å²) < 4.78 is 57.7. The second kappa shape index (κ2) is 5.96. The first-order valence-electron chi connectivity index (χ1n) is 7.76. The van der Waals surface area contributed by atoms with Gasteiger partial charge in [-0.05, 0) is 18.2 Å². The summed E-state index contributed by atoms with van der Waals surface area (Å²) in [5, 5.41) is 0. The SMILES string of the molecule is COc1ccc2c(c1OC)OC1c3ccc(OS(=O)(=O)O)cc3OCC21. The Morgan fingerprint density at radius 3 is 2.58 bits per heavy atom. The third kappa shape index (κ3) is 2.69. The fourth-order valence-corrected chi connectivity index (χ4v) is 3.73. The van der Waals surface area contributed by atoms with E-state index in [4.69, 9.17) is 23.5 Å². The van der Waals surface area contributed by atoms with Crippen LogP contribution >= 0.6 is 0 Å². The van der Waals surface area contributed by atoms with Gasteiger partial charge in [-0.1, -0.05) is 6.07 Å². The number of fused-ring (bicyclic) bond motifs is 5. The molecule has 2 aliphatic rings. The Hall–Kier alpha value is -2.65. The number of methoxy groups -OCH3 is 2. The van der Waals surface area contributed by atoms with Gasteiger partial charge in [-0.2, -0.15) is 8.42 Å². The van der Waals surface area contributed by atoms with Crippen LogP contribution < -0.4 is 23.1 Å². The van der Waals surface area contributed by atoms with E-state index in [0.29, 0.717) is 29.6 Å². The molecule has 2 aromatic rings. The van der Waals surface area contributed by atoms with Crippen LogP contribution in [-0.4, -0.2) is 33.8 Å². The first-order chi connectivity index (χ1) is 12.4. The molecule has 26 heavy (non-hydrogen) atoms. The standard InChI is InChI=1S/C17H16O8S/c1-21-13-6-5-10-12-8-23-14-7-9(25-26(18,19)20)3-4-11(14)15(12)24-16(10)17(13)22-2/h3-7,12,15H,8H2,1-2H3,(H,18,19,20). The van der Waals surface area contributed by atoms with Gasteiger partial charge < -0.3 is 23.1 Å². The molecule has 0 fully saturated rings. The quantitative estimate of drug-likeness (QED) is 0.808. The minimum Gasteiger partial charge on any atom is -0.493 e. The second-order valence-electron chi connectivity index (χ2n) is 5.89. The smallest absolute Gasteiger partial charge is 0.446 e. The van der Waals surface area contributed by atoms with Crippen molar-refractivity contribution in [2.24, 2.45) is 0 Å². The van der Waals surface area contributed by atoms with Crippen LogP contribution in [0.25, 0.3) is 0 Å². The molecule has 2 aliphatic heterocycles. The van der Waals surface area contributed by atoms with Crippen LogP contribution in [-0.2, 0) is 10.4 Å². The van der Waals surface area contributed by atoms with Gasteiger partial charge in [0.05, 0.1) is 26.7 Å². The summed E-state index contributed by atoms with van der Waals surface area (Å²) in [5.41, 5.74) is 1.71. The Balaban J connectivity index is 1.72. The van der Waals surface area contributed by atoms with E-state index in [-0.39, 0.29) is 17.8 Å². The van der Waals surface area contributed by atoms with Crippen molar-refractivity contribution in [3.8, 4) is 28.7 Å². The lowest BCUT2D eigenvalue weighted by atomic mass is 9.89. The topological polar surface area (TPSA) is 101 Å². The maximum atomic E-state index is 10.9. The molecule has 0 saturated carbocycles. The largest absolute Gasteiger partial charge is 0.493 e. The third-order valence-corrected chi connectivity index (χ3v) is 4.85. The van der Waals surface area contributed by atoms with E-state index >= 15 is 0 Å². The van der Waals surface area contributed by atoms with E-state index in [1.165, 1.54) is 12.1 Å². The third-order valence-electron chi connectivity index (χ3n) is 4.45. The zero-order chi connectivity index (χ0) is 18.5. The van der Waals surface area contributed by atoms with Crippen molar-refractivity contribution >= 4 is 10.4 Å². The highest BCUT2D eigenvalue weighted by Gasteiger charge is 2.43. The van der Waals surface area contributed by atoms with Gasteiger partial charge in [0.15, 0.2) is 11.5 Å². The normalized spacial score (nSPS) is 20.1. The maximum Gasteiger partial charge on any atom is 0.446 e. The predicted molar refractivity (Wildman–Crippen MR) is 89.8 cm³/mol. The lowest BCUT2D eigenvalue weighted by Crippen LogP contribution is -2.23. The summed E-state index contributed by atoms with van der Waals surface area (Å²) in [6.07, 6.45) is -0.311. The number of hydrogen-bond donors (Lipinski definition) is 1. The van der Waals surface area contributed by atoms with Gasteiger partial charge >= 0.3 is 10.4 Å². The fourth-order valence-electron chi connectivity index (χ4n) is 3.38. The van der Waals surface area contributed by atoms with Crippen LogP contribution in [0.2, 0.25) is 0 Å². The molecule has 2 atom stereocenters. The van der Waals surface area contributed by atoms with Crippen LogP contribution in [0, 0.1) is 0 Å². The lowest BCUT2D eigenvalue weighted by Gasteiger charge is -2.27. The van der Waals surface area contributed by atoms with E-state index in [0.717, 1.165) is 11.1 Å². The summed E-state index contributed by atoms with van der Waals surface area (Å²) >= 11 is 0. The van der Waals surface area contributed by atoms with Crippen LogP contribution in [0.1, 0.15) is 23.1 Å². The van der Waals surface area contributed by atoms with Gasteiger partial charge in [0.1, 0.15) is 17.6 Å². The van der Waals surface area contributed by atoms with Gasteiger partial charge in [-0.25, -0.2) is 0 Å². The van der Waals surface area contributed by atoms with Gasteiger partial charge in [0.2, 0.25) is 5.75 Å². The molecule has 138 valence electrons. The first kappa shape index (κ1) is 16.8. The van der Waals surface area contributed by atoms with Crippen molar-refractivity contribution in [1.29, 1.82) is 0 Å². The molecule has 9 heteroatoms. The number of rotatable bonds is 4. The van der Waals surface area contributed by atoms with E-state index in [1.54, 1.807) is 20.3 Å². The van der Waals surface area contributed by atoms with Crippen molar-refractivity contribution < 1.29 is 36.1 Å². The molecular weight excluding hydrogens is 364 g/mol. The Bertz CT molecular complexity index is 969. The zero-order valence-corrected chi connectivity index (χ0v) is 14.8. The van der Waals surface area contributed by atoms with Crippen LogP contribution in [0.5, 0.6) is 28.7 Å². The van der Waals surface area contributed by atoms with Gasteiger partial charge in [-0.3, -0.25) is 4.55 Å². The Morgan fingerprint density at radius 1 is 1.12 bits per heavy atom. The summed E-state index contributed by atoms with van der Waals surface area (Å²) in [4.78, 5) is 0. The minimum atomic E-state index is -4.60. The van der Waals surface area contributed by atoms with E-state index in [2.05, 4.69) is 4.18 Å². The van der Waals surface area contributed by atoms with Gasteiger partial charge in [0.25, 0.3) is 0 Å². The molecule has 2 aromatic carbocycles. The molecule has 0 aliphatic carbocycles. The van der Waals surface area contributed by atoms with Crippen molar-refractivity contribution in [1.82, 2.24) is 0 Å². The highest BCUT2D eigenvalue weighted by atomic mass is 32.3. The molecule has 0 bridgehead atoms. The fraction of sp³-hybridized carbons (Fsp3) is 0.294. The number of benzene rings is 2. The average Bonchev–Trinajstić information content (AvgIpc) is 2.98. The van der Waals surface area contributed by atoms with Crippen LogP contribution in [0.15, 0.2) is 30.3 Å². The molecule has 1 N–H and O–H groups in total. The monoisotopic (exact) mass is 380 g/mol. The number of ether oxygens (including phenoxy) is 4. The zero-order valence-electron chi connectivity index (χ0n) is 14.0. The number of hydrogen-bond acceptors (Lipinski definition) is 7. The molecule has 0 saturated heterocycles. The summed E-state index contributed by atoms with van der Waals surface area (Å²) in [6, 6.07) is 8.24. The first-order valence-corrected chi connectivity index (χ1v) is 9.13.